The second-order valence-electron chi connectivity index (χ2n) is 21.3. The number of hydrogen-bond acceptors (Lipinski definition) is 1. The fourth-order valence-corrected chi connectivity index (χ4v) is 11.6. The maximum atomic E-state index is 12.7. The highest BCUT2D eigenvalue weighted by Crippen LogP contribution is 2.42. The summed E-state index contributed by atoms with van der Waals surface area (Å²) >= 11 is 0. The second kappa shape index (κ2) is 34.2. The van der Waals surface area contributed by atoms with Crippen molar-refractivity contribution < 1.29 is 14.3 Å². The molecule has 0 radical (unpaired) electrons. The third-order valence-electron chi connectivity index (χ3n) is 16.5. The van der Waals surface area contributed by atoms with Crippen molar-refractivity contribution >= 4 is 39.3 Å². The Hall–Kier alpha value is -3.28. The number of carboxylic acid groups (broad SMARTS) is 1. The fourth-order valence-electron chi connectivity index (χ4n) is 11.6. The monoisotopic (exact) mass is 950 g/mol. The van der Waals surface area contributed by atoms with Crippen LogP contribution in [-0.4, -0.2) is 50.3 Å². The number of quaternary nitrogens is 2. The van der Waals surface area contributed by atoms with Crippen molar-refractivity contribution in [3.63, 3.8) is 0 Å². The Labute approximate surface area is 424 Å². The van der Waals surface area contributed by atoms with E-state index in [0.29, 0.717) is 5.56 Å². The molecule has 0 saturated heterocycles. The number of aromatic carboxylic acids is 1. The molecule has 0 amide bonds. The van der Waals surface area contributed by atoms with E-state index < -0.39 is 5.97 Å². The molecule has 0 spiro atoms. The third-order valence-corrected chi connectivity index (χ3v) is 16.5. The summed E-state index contributed by atoms with van der Waals surface area (Å²) in [7, 11) is 0. The Morgan fingerprint density at radius 3 is 1.01 bits per heavy atom. The molecule has 5 nitrogen and oxygen atoms in total. The zero-order valence-corrected chi connectivity index (χ0v) is 45.8. The fraction of sp³-hybridized carbons (Fsp3) is 0.688. The average molecular weight is 951 g/mol. The van der Waals surface area contributed by atoms with Gasteiger partial charge in [-0.2, -0.15) is 0 Å². The van der Waals surface area contributed by atoms with Gasteiger partial charge in [-0.05, 0) is 77.1 Å². The standard InChI is InChI=1S/C64H104N2O3/c1-7-13-15-17-19-21-23-25-27-29-31-33-35-37-39-43-51-65(9-3,10-4)55-47-49-59-61(53-55)69-62-54-56(48-50-60(62)63(59)57-45-41-42-46-58(57)64(67)68)66(11-5,12-6)52-44-40-38-36-34-32-30-28-26-24-22-20-18-16-14-8-2/h41-42,45-50,53-54H,7-40,43-44,51-52H2,1-6H3/q+2/p+1. The Morgan fingerprint density at radius 1 is 0.406 bits per heavy atom. The first-order valence-corrected chi connectivity index (χ1v) is 29.7. The van der Waals surface area contributed by atoms with Gasteiger partial charge in [-0.3, -0.25) is 8.97 Å². The lowest BCUT2D eigenvalue weighted by molar-refractivity contribution is 0.0697. The lowest BCUT2D eigenvalue weighted by Crippen LogP contribution is -2.49. The van der Waals surface area contributed by atoms with E-state index in [2.05, 4.69) is 77.9 Å². The highest BCUT2D eigenvalue weighted by Gasteiger charge is 2.33. The molecule has 0 bridgehead atoms. The van der Waals surface area contributed by atoms with Crippen molar-refractivity contribution in [2.45, 2.75) is 247 Å². The molecule has 5 heteroatoms. The Morgan fingerprint density at radius 2 is 0.710 bits per heavy atom. The molecule has 4 rings (SSSR count). The molecule has 1 aromatic heterocycles. The molecule has 0 aliphatic heterocycles. The van der Waals surface area contributed by atoms with Crippen LogP contribution in [-0.2, 0) is 0 Å². The molecule has 0 aliphatic rings. The molecule has 386 valence electrons. The summed E-state index contributed by atoms with van der Waals surface area (Å²) in [6.45, 7) is 20.3. The van der Waals surface area contributed by atoms with Crippen molar-refractivity contribution in [1.82, 2.24) is 8.97 Å². The topological polar surface area (TPSA) is 48.6 Å². The largest absolute Gasteiger partial charge is 0.478 e. The Kier molecular flexibility index (Phi) is 28.9. The molecule has 0 fully saturated rings. The molecule has 0 saturated carbocycles. The average Bonchev–Trinajstić information content (AvgIpc) is 3.37. The first kappa shape index (κ1) is 58.3. The van der Waals surface area contributed by atoms with Gasteiger partial charge in [0.2, 0.25) is 0 Å². The number of carbonyl (C=O) groups is 1. The summed E-state index contributed by atoms with van der Waals surface area (Å²) < 4.78 is 8.91. The maximum Gasteiger partial charge on any atom is 0.367 e. The van der Waals surface area contributed by atoms with Crippen molar-refractivity contribution in [3.8, 4) is 11.1 Å². The quantitative estimate of drug-likeness (QED) is 0.0208. The van der Waals surface area contributed by atoms with Crippen LogP contribution in [0.3, 0.4) is 0 Å². The minimum Gasteiger partial charge on any atom is -0.478 e. The SMILES string of the molecule is CCCCCCCCCCCCCCCCCC[N+](CC)(CC)c1ccc2c(-c3ccccc3C(=O)O)c3ccc([N+](CC)(CC)CCCCCCCCCCCCCCCCCC)cc3[o+]c2c1. The minimum absolute atomic E-state index is 0.325. The van der Waals surface area contributed by atoms with Crippen molar-refractivity contribution in [1.29, 1.82) is 0 Å². The Balaban J connectivity index is 1.41. The predicted octanol–water partition coefficient (Wildman–Crippen LogP) is 20.4. The van der Waals surface area contributed by atoms with Crippen LogP contribution in [0.15, 0.2) is 65.1 Å². The number of fused-ring (bicyclic) bond motifs is 2. The van der Waals surface area contributed by atoms with Gasteiger partial charge >= 0.3 is 17.1 Å². The van der Waals surface area contributed by atoms with Gasteiger partial charge in [0.1, 0.15) is 23.5 Å². The minimum atomic E-state index is -0.904. The van der Waals surface area contributed by atoms with Crippen LogP contribution in [0.25, 0.3) is 33.1 Å². The van der Waals surface area contributed by atoms with Gasteiger partial charge in [-0.1, -0.05) is 212 Å². The number of unbranched alkanes of at least 4 members (excludes halogenated alkanes) is 30. The van der Waals surface area contributed by atoms with Crippen LogP contribution in [0.2, 0.25) is 0 Å². The molecule has 1 heterocycles. The van der Waals surface area contributed by atoms with Gasteiger partial charge in [0.05, 0.1) is 55.6 Å². The molecule has 0 unspecified atom stereocenters. The lowest BCUT2D eigenvalue weighted by Gasteiger charge is -2.36. The van der Waals surface area contributed by atoms with Crippen LogP contribution in [0.4, 0.5) is 11.4 Å². The van der Waals surface area contributed by atoms with Gasteiger partial charge < -0.3 is 5.11 Å². The van der Waals surface area contributed by atoms with E-state index in [1.165, 1.54) is 217 Å². The van der Waals surface area contributed by atoms with Crippen molar-refractivity contribution in [2.24, 2.45) is 0 Å². The van der Waals surface area contributed by atoms with Crippen molar-refractivity contribution in [3.05, 3.63) is 66.2 Å². The number of hydrogen-bond donors (Lipinski definition) is 1. The van der Waals surface area contributed by atoms with E-state index in [1.54, 1.807) is 6.07 Å². The molecular weight excluding hydrogens is 845 g/mol. The summed E-state index contributed by atoms with van der Waals surface area (Å²) in [5.41, 5.74) is 6.29. The number of nitrogens with zero attached hydrogens (tertiary/aromatic N) is 2. The first-order chi connectivity index (χ1) is 33.8. The van der Waals surface area contributed by atoms with E-state index in [0.717, 1.165) is 81.3 Å². The van der Waals surface area contributed by atoms with Crippen molar-refractivity contribution in [2.75, 3.05) is 39.3 Å². The van der Waals surface area contributed by atoms with Crippen LogP contribution in [0, 0.1) is 0 Å². The Bertz CT molecular complexity index is 1870. The molecule has 69 heavy (non-hydrogen) atoms. The van der Waals surface area contributed by atoms with Gasteiger partial charge in [0.15, 0.2) is 0 Å². The van der Waals surface area contributed by atoms with Crippen LogP contribution < -0.4 is 8.97 Å². The maximum absolute atomic E-state index is 12.7. The smallest absolute Gasteiger partial charge is 0.367 e. The molecule has 0 atom stereocenters. The number of rotatable bonds is 42. The normalized spacial score (nSPS) is 12.2. The molecule has 0 aliphatic carbocycles. The third kappa shape index (κ3) is 19.0. The molecule has 3 aromatic carbocycles. The number of benzene rings is 3. The van der Waals surface area contributed by atoms with E-state index in [4.69, 9.17) is 4.42 Å². The van der Waals surface area contributed by atoms with E-state index >= 15 is 0 Å². The summed E-state index contributed by atoms with van der Waals surface area (Å²) in [6.07, 6.45) is 44.3. The van der Waals surface area contributed by atoms with Gasteiger partial charge in [-0.15, -0.1) is 0 Å². The molecule has 1 N–H and O–H groups in total. The van der Waals surface area contributed by atoms with Gasteiger partial charge in [0, 0.05) is 17.7 Å². The predicted molar refractivity (Wildman–Crippen MR) is 305 cm³/mol. The summed E-state index contributed by atoms with van der Waals surface area (Å²) in [5, 5.41) is 12.4. The zero-order valence-electron chi connectivity index (χ0n) is 45.8. The molecule has 4 aromatic rings. The highest BCUT2D eigenvalue weighted by molar-refractivity contribution is 6.12. The van der Waals surface area contributed by atoms with E-state index in [-0.39, 0.29) is 0 Å². The zero-order chi connectivity index (χ0) is 49.4. The van der Waals surface area contributed by atoms with Gasteiger partial charge in [-0.25, -0.2) is 9.21 Å². The summed E-state index contributed by atoms with van der Waals surface area (Å²) in [5.74, 6) is -0.904. The number of carboxylic acids is 1. The van der Waals surface area contributed by atoms with Crippen LogP contribution in [0.1, 0.15) is 257 Å². The summed E-state index contributed by atoms with van der Waals surface area (Å²) in [4.78, 5) is 12.7. The van der Waals surface area contributed by atoms with Crippen LogP contribution >= 0.6 is 0 Å². The lowest BCUT2D eigenvalue weighted by atomic mass is 9.93. The summed E-state index contributed by atoms with van der Waals surface area (Å²) in [6, 6.07) is 21.2. The molecular formula is C64H105N2O3+3. The first-order valence-electron chi connectivity index (χ1n) is 29.7. The van der Waals surface area contributed by atoms with Crippen LogP contribution in [0.5, 0.6) is 0 Å². The van der Waals surface area contributed by atoms with Gasteiger partial charge in [0.25, 0.3) is 0 Å². The second-order valence-corrected chi connectivity index (χ2v) is 21.3. The van der Waals surface area contributed by atoms with E-state index in [1.807, 2.05) is 18.2 Å². The van der Waals surface area contributed by atoms with E-state index in [9.17, 15) is 9.90 Å². The highest BCUT2D eigenvalue weighted by atomic mass is 16.4.